The van der Waals surface area contributed by atoms with Crippen LogP contribution in [0.4, 0.5) is 8.78 Å². The quantitative estimate of drug-likeness (QED) is 0.653. The summed E-state index contributed by atoms with van der Waals surface area (Å²) >= 11 is 0. The van der Waals surface area contributed by atoms with Crippen molar-refractivity contribution in [2.75, 3.05) is 0 Å². The summed E-state index contributed by atoms with van der Waals surface area (Å²) in [6, 6.07) is 0. The van der Waals surface area contributed by atoms with Crippen LogP contribution in [0, 0.1) is 0 Å². The van der Waals surface area contributed by atoms with Crippen molar-refractivity contribution in [2.24, 2.45) is 0 Å². The molecule has 1 heterocycles. The molecule has 0 aliphatic carbocycles. The predicted molar refractivity (Wildman–Crippen MR) is 31.2 cm³/mol. The van der Waals surface area contributed by atoms with Gasteiger partial charge in [-0.3, -0.25) is 9.65 Å². The van der Waals surface area contributed by atoms with Crippen molar-refractivity contribution >= 4 is 10.1 Å². The van der Waals surface area contributed by atoms with Crippen molar-refractivity contribution in [1.29, 1.82) is 0 Å². The molecule has 9 heteroatoms. The van der Waals surface area contributed by atoms with Crippen molar-refractivity contribution in [2.45, 2.75) is 11.6 Å². The Hall–Kier alpha value is -1.09. The Kier molecular flexibility index (Phi) is 2.06. The average Bonchev–Trinajstić information content (AvgIpc) is 2.30. The maximum atomic E-state index is 11.8. The highest BCUT2D eigenvalue weighted by molar-refractivity contribution is 7.85. The standard InChI is InChI=1S/C3H3F2N3O3S/c4-1(5)2-6-3(8-7-2)12(9,10)11/h1H,(H,6,7,8)(H,9,10,11). The van der Waals surface area contributed by atoms with Crippen molar-refractivity contribution < 1.29 is 21.8 Å². The lowest BCUT2D eigenvalue weighted by Gasteiger charge is -1.87. The lowest BCUT2D eigenvalue weighted by atomic mass is 10.7. The van der Waals surface area contributed by atoms with Crippen LogP contribution >= 0.6 is 0 Å². The van der Waals surface area contributed by atoms with Crippen LogP contribution in [-0.2, 0) is 10.1 Å². The van der Waals surface area contributed by atoms with E-state index in [0.717, 1.165) is 0 Å². The number of nitrogens with one attached hydrogen (secondary N) is 1. The summed E-state index contributed by atoms with van der Waals surface area (Å²) in [7, 11) is -4.60. The van der Waals surface area contributed by atoms with Gasteiger partial charge in [0.05, 0.1) is 0 Å². The number of nitrogens with zero attached hydrogens (tertiary/aromatic N) is 2. The molecule has 12 heavy (non-hydrogen) atoms. The van der Waals surface area contributed by atoms with E-state index in [4.69, 9.17) is 4.55 Å². The average molecular weight is 199 g/mol. The van der Waals surface area contributed by atoms with E-state index < -0.39 is 27.5 Å². The van der Waals surface area contributed by atoms with E-state index in [1.54, 1.807) is 5.10 Å². The van der Waals surface area contributed by atoms with Crippen LogP contribution in [0.1, 0.15) is 12.2 Å². The molecule has 0 aliphatic heterocycles. The summed E-state index contributed by atoms with van der Waals surface area (Å²) < 4.78 is 52.3. The van der Waals surface area contributed by atoms with Crippen LogP contribution in [0.5, 0.6) is 0 Å². The van der Waals surface area contributed by atoms with Gasteiger partial charge in [-0.1, -0.05) is 0 Å². The largest absolute Gasteiger partial charge is 0.332 e. The molecule has 0 saturated carbocycles. The summed E-state index contributed by atoms with van der Waals surface area (Å²) in [6.07, 6.45) is -2.95. The summed E-state index contributed by atoms with van der Waals surface area (Å²) in [5.41, 5.74) is 0. The molecule has 0 saturated heterocycles. The first-order valence-corrected chi connectivity index (χ1v) is 4.03. The maximum absolute atomic E-state index is 11.8. The van der Waals surface area contributed by atoms with Crippen molar-refractivity contribution in [3.05, 3.63) is 5.82 Å². The van der Waals surface area contributed by atoms with Crippen molar-refractivity contribution in [3.63, 3.8) is 0 Å². The highest BCUT2D eigenvalue weighted by Crippen LogP contribution is 2.14. The number of hydrogen-bond donors (Lipinski definition) is 2. The van der Waals surface area contributed by atoms with Crippen LogP contribution in [0.15, 0.2) is 5.16 Å². The minimum absolute atomic E-state index is 0.900. The fourth-order valence-electron chi connectivity index (χ4n) is 0.471. The minimum atomic E-state index is -4.60. The smallest absolute Gasteiger partial charge is 0.279 e. The topological polar surface area (TPSA) is 95.9 Å². The Morgan fingerprint density at radius 1 is 1.50 bits per heavy atom. The number of alkyl halides is 2. The normalized spacial score (nSPS) is 12.3. The van der Waals surface area contributed by atoms with E-state index in [1.807, 2.05) is 0 Å². The lowest BCUT2D eigenvalue weighted by molar-refractivity contribution is 0.140. The zero-order valence-electron chi connectivity index (χ0n) is 5.40. The molecule has 0 unspecified atom stereocenters. The number of rotatable bonds is 2. The van der Waals surface area contributed by atoms with Crippen LogP contribution in [0.3, 0.4) is 0 Å². The van der Waals surface area contributed by atoms with Gasteiger partial charge in [-0.25, -0.2) is 8.78 Å². The third-order valence-corrected chi connectivity index (χ3v) is 1.56. The third-order valence-electron chi connectivity index (χ3n) is 0.920. The van der Waals surface area contributed by atoms with Crippen LogP contribution < -0.4 is 0 Å². The van der Waals surface area contributed by atoms with E-state index in [9.17, 15) is 17.2 Å². The molecule has 0 bridgehead atoms. The second-order valence-electron chi connectivity index (χ2n) is 1.78. The van der Waals surface area contributed by atoms with Crippen LogP contribution in [-0.4, -0.2) is 28.2 Å². The molecule has 0 fully saturated rings. The van der Waals surface area contributed by atoms with Gasteiger partial charge in [-0.2, -0.15) is 13.4 Å². The van der Waals surface area contributed by atoms with Gasteiger partial charge in [-0.05, 0) is 0 Å². The van der Waals surface area contributed by atoms with E-state index in [0.29, 0.717) is 0 Å². The fourth-order valence-corrected chi connectivity index (χ4v) is 0.846. The molecule has 0 spiro atoms. The molecule has 6 nitrogen and oxygen atoms in total. The van der Waals surface area contributed by atoms with Gasteiger partial charge in [0.1, 0.15) is 0 Å². The molecule has 1 rings (SSSR count). The second kappa shape index (κ2) is 2.75. The Labute approximate surface area is 65.4 Å². The molecule has 0 amide bonds. The number of H-pyrrole nitrogens is 1. The molecule has 68 valence electrons. The first-order chi connectivity index (χ1) is 5.41. The molecule has 0 aliphatic rings. The van der Waals surface area contributed by atoms with E-state index in [-0.39, 0.29) is 0 Å². The van der Waals surface area contributed by atoms with E-state index in [2.05, 4.69) is 10.1 Å². The summed E-state index contributed by atoms with van der Waals surface area (Å²) in [4.78, 5) is 2.83. The summed E-state index contributed by atoms with van der Waals surface area (Å²) in [6.45, 7) is 0. The monoisotopic (exact) mass is 199 g/mol. The number of aromatic nitrogens is 3. The highest BCUT2D eigenvalue weighted by Gasteiger charge is 2.20. The Morgan fingerprint density at radius 3 is 2.33 bits per heavy atom. The first-order valence-electron chi connectivity index (χ1n) is 2.59. The molecule has 1 aromatic heterocycles. The summed E-state index contributed by atoms with van der Waals surface area (Å²) in [5, 5.41) is 3.46. The Balaban J connectivity index is 3.09. The van der Waals surface area contributed by atoms with Gasteiger partial charge in [0.2, 0.25) is 0 Å². The van der Waals surface area contributed by atoms with E-state index >= 15 is 0 Å². The van der Waals surface area contributed by atoms with Gasteiger partial charge in [0.25, 0.3) is 11.6 Å². The molecular formula is C3H3F2N3O3S. The van der Waals surface area contributed by atoms with Gasteiger partial charge in [-0.15, -0.1) is 5.10 Å². The van der Waals surface area contributed by atoms with Gasteiger partial charge < -0.3 is 0 Å². The second-order valence-corrected chi connectivity index (χ2v) is 3.09. The highest BCUT2D eigenvalue weighted by atomic mass is 32.2. The molecule has 1 aromatic rings. The van der Waals surface area contributed by atoms with Gasteiger partial charge in [0.15, 0.2) is 5.82 Å². The first kappa shape index (κ1) is 9.00. The van der Waals surface area contributed by atoms with Gasteiger partial charge >= 0.3 is 10.1 Å². The summed E-state index contributed by atoms with van der Waals surface area (Å²) in [5.74, 6) is -0.900. The number of hydrogen-bond acceptors (Lipinski definition) is 4. The van der Waals surface area contributed by atoms with Crippen LogP contribution in [0.25, 0.3) is 0 Å². The number of aromatic amines is 1. The predicted octanol–water partition coefficient (Wildman–Crippen LogP) is -0.0110. The molecular weight excluding hydrogens is 196 g/mol. The number of halogens is 2. The van der Waals surface area contributed by atoms with Crippen LogP contribution in [0.2, 0.25) is 0 Å². The lowest BCUT2D eigenvalue weighted by Crippen LogP contribution is -2.00. The zero-order valence-corrected chi connectivity index (χ0v) is 6.22. The van der Waals surface area contributed by atoms with Crippen molar-refractivity contribution in [3.8, 4) is 0 Å². The Bertz CT molecular complexity index is 372. The van der Waals surface area contributed by atoms with Gasteiger partial charge in [0, 0.05) is 0 Å². The fraction of sp³-hybridized carbons (Fsp3) is 0.333. The zero-order chi connectivity index (χ0) is 9.35. The molecule has 0 atom stereocenters. The SMILES string of the molecule is O=S(=O)(O)c1n[nH]c(C(F)F)n1. The van der Waals surface area contributed by atoms with E-state index in [1.165, 1.54) is 0 Å². The molecule has 0 aromatic carbocycles. The molecule has 0 radical (unpaired) electrons. The maximum Gasteiger partial charge on any atom is 0.332 e. The van der Waals surface area contributed by atoms with Crippen molar-refractivity contribution in [1.82, 2.24) is 15.2 Å². The Morgan fingerprint density at radius 2 is 2.08 bits per heavy atom. The third kappa shape index (κ3) is 1.74. The molecule has 2 N–H and O–H groups in total. The minimum Gasteiger partial charge on any atom is -0.279 e.